The molecule has 0 unspecified atom stereocenters. The lowest BCUT2D eigenvalue weighted by Gasteiger charge is -2.33. The third-order valence-electron chi connectivity index (χ3n) is 3.97. The van der Waals surface area contributed by atoms with Gasteiger partial charge in [-0.1, -0.05) is 18.2 Å². The fraction of sp³-hybridized carbons (Fsp3) is 0.375. The third-order valence-corrected chi connectivity index (χ3v) is 3.97. The van der Waals surface area contributed by atoms with E-state index in [1.807, 2.05) is 18.2 Å². The Hall–Kier alpha value is -2.54. The average molecular weight is 318 g/mol. The van der Waals surface area contributed by atoms with Gasteiger partial charge >= 0.3 is 12.0 Å². The molecule has 0 radical (unpaired) electrons. The number of rotatable bonds is 5. The van der Waals surface area contributed by atoms with Crippen LogP contribution in [0.1, 0.15) is 11.6 Å². The van der Waals surface area contributed by atoms with Crippen molar-refractivity contribution in [2.24, 2.45) is 0 Å². The maximum absolute atomic E-state index is 12.5. The number of hydrogen-bond acceptors (Lipinski definition) is 5. The molecule has 0 aromatic heterocycles. The molecule has 1 aromatic rings. The van der Waals surface area contributed by atoms with E-state index >= 15 is 0 Å². The fourth-order valence-corrected chi connectivity index (χ4v) is 2.87. The van der Waals surface area contributed by atoms with Crippen LogP contribution in [0.15, 0.2) is 35.5 Å². The summed E-state index contributed by atoms with van der Waals surface area (Å²) in [5.41, 5.74) is 1.76. The lowest BCUT2D eigenvalue weighted by Crippen LogP contribution is -2.48. The molecule has 2 amide bonds. The smallest absolute Gasteiger partial charge is 0.338 e. The van der Waals surface area contributed by atoms with E-state index in [9.17, 15) is 9.59 Å². The summed E-state index contributed by atoms with van der Waals surface area (Å²) in [6.07, 6.45) is 0. The minimum Gasteiger partial charge on any atom is -0.496 e. The molecule has 7 heteroatoms. The van der Waals surface area contributed by atoms with Gasteiger partial charge in [-0.3, -0.25) is 4.90 Å². The predicted molar refractivity (Wildman–Crippen MR) is 80.8 cm³/mol. The SMILES string of the molecule is COCCN1C(=O)N[C@@H](c2ccccc2OC)C2=C1COC2=O. The second kappa shape index (κ2) is 6.29. The van der Waals surface area contributed by atoms with E-state index in [-0.39, 0.29) is 12.6 Å². The first-order valence-electron chi connectivity index (χ1n) is 7.27. The minimum atomic E-state index is -0.581. The molecule has 23 heavy (non-hydrogen) atoms. The van der Waals surface area contributed by atoms with Gasteiger partial charge in [0.15, 0.2) is 0 Å². The van der Waals surface area contributed by atoms with Gasteiger partial charge < -0.3 is 19.5 Å². The van der Waals surface area contributed by atoms with Gasteiger partial charge in [0.1, 0.15) is 12.4 Å². The highest BCUT2D eigenvalue weighted by Gasteiger charge is 2.42. The molecule has 1 atom stereocenters. The van der Waals surface area contributed by atoms with Crippen LogP contribution in [0.25, 0.3) is 0 Å². The zero-order valence-corrected chi connectivity index (χ0v) is 13.0. The number of esters is 1. The molecule has 3 rings (SSSR count). The summed E-state index contributed by atoms with van der Waals surface area (Å²) in [5, 5.41) is 2.86. The van der Waals surface area contributed by atoms with Gasteiger partial charge in [0.25, 0.3) is 0 Å². The normalized spacial score (nSPS) is 20.3. The number of nitrogens with one attached hydrogen (secondary N) is 1. The highest BCUT2D eigenvalue weighted by Crippen LogP contribution is 2.38. The van der Waals surface area contributed by atoms with E-state index in [0.29, 0.717) is 30.2 Å². The quantitative estimate of drug-likeness (QED) is 0.826. The van der Waals surface area contributed by atoms with Crippen molar-refractivity contribution in [1.82, 2.24) is 10.2 Å². The number of methoxy groups -OCH3 is 2. The van der Waals surface area contributed by atoms with Crippen LogP contribution in [0.4, 0.5) is 4.79 Å². The summed E-state index contributed by atoms with van der Waals surface area (Å²) in [4.78, 5) is 26.1. The molecule has 0 spiro atoms. The number of hydrogen-bond donors (Lipinski definition) is 1. The van der Waals surface area contributed by atoms with Crippen molar-refractivity contribution >= 4 is 12.0 Å². The molecule has 1 aromatic carbocycles. The van der Waals surface area contributed by atoms with Crippen LogP contribution in [0.5, 0.6) is 5.75 Å². The Morgan fingerprint density at radius 2 is 2.09 bits per heavy atom. The van der Waals surface area contributed by atoms with Gasteiger partial charge in [0.2, 0.25) is 0 Å². The summed E-state index contributed by atoms with van der Waals surface area (Å²) in [5.74, 6) is 0.188. The number of carbonyl (C=O) groups is 2. The molecule has 122 valence electrons. The van der Waals surface area contributed by atoms with Gasteiger partial charge in [-0.2, -0.15) is 0 Å². The van der Waals surface area contributed by atoms with Crippen LogP contribution in [0.2, 0.25) is 0 Å². The van der Waals surface area contributed by atoms with E-state index in [4.69, 9.17) is 14.2 Å². The Labute approximate surface area is 133 Å². The Kier molecular flexibility index (Phi) is 4.20. The Morgan fingerprint density at radius 1 is 1.30 bits per heavy atom. The van der Waals surface area contributed by atoms with E-state index in [0.717, 1.165) is 5.56 Å². The van der Waals surface area contributed by atoms with Gasteiger partial charge in [0, 0.05) is 12.7 Å². The summed E-state index contributed by atoms with van der Waals surface area (Å²) in [6, 6.07) is 6.42. The second-order valence-corrected chi connectivity index (χ2v) is 5.21. The van der Waals surface area contributed by atoms with Crippen molar-refractivity contribution in [3.05, 3.63) is 41.1 Å². The molecular weight excluding hydrogens is 300 g/mol. The first kappa shape index (κ1) is 15.4. The standard InChI is InChI=1S/C16H18N2O5/c1-21-8-7-18-11-9-23-15(19)13(11)14(17-16(18)20)10-5-3-4-6-12(10)22-2/h3-6,14H,7-9H2,1-2H3,(H,17,20)/t14-/m0/s1. The highest BCUT2D eigenvalue weighted by atomic mass is 16.5. The highest BCUT2D eigenvalue weighted by molar-refractivity contribution is 5.97. The molecule has 2 aliphatic heterocycles. The molecule has 0 aliphatic carbocycles. The molecule has 2 heterocycles. The van der Waals surface area contributed by atoms with Crippen LogP contribution in [0, 0.1) is 0 Å². The third kappa shape index (κ3) is 2.63. The van der Waals surface area contributed by atoms with Gasteiger partial charge in [-0.25, -0.2) is 9.59 Å². The van der Waals surface area contributed by atoms with E-state index in [1.54, 1.807) is 20.3 Å². The van der Waals surface area contributed by atoms with Crippen molar-refractivity contribution in [3.8, 4) is 5.75 Å². The predicted octanol–water partition coefficient (Wildman–Crippen LogP) is 1.22. The van der Waals surface area contributed by atoms with Crippen LogP contribution in [-0.2, 0) is 14.3 Å². The van der Waals surface area contributed by atoms with Crippen molar-refractivity contribution in [3.63, 3.8) is 0 Å². The summed E-state index contributed by atoms with van der Waals surface area (Å²) >= 11 is 0. The number of amides is 2. The lowest BCUT2D eigenvalue weighted by atomic mass is 9.95. The maximum Gasteiger partial charge on any atom is 0.338 e. The molecule has 0 fully saturated rings. The average Bonchev–Trinajstić information content (AvgIpc) is 2.95. The molecule has 1 N–H and O–H groups in total. The van der Waals surface area contributed by atoms with Crippen molar-refractivity contribution in [1.29, 1.82) is 0 Å². The zero-order chi connectivity index (χ0) is 16.4. The van der Waals surface area contributed by atoms with Crippen molar-refractivity contribution < 1.29 is 23.8 Å². The Morgan fingerprint density at radius 3 is 2.83 bits per heavy atom. The minimum absolute atomic E-state index is 0.0942. The number of carbonyl (C=O) groups excluding carboxylic acids is 2. The topological polar surface area (TPSA) is 77.1 Å². The number of nitrogens with zero attached hydrogens (tertiary/aromatic N) is 1. The fourth-order valence-electron chi connectivity index (χ4n) is 2.87. The molecule has 0 saturated heterocycles. The summed E-state index contributed by atoms with van der Waals surface area (Å²) in [6.45, 7) is 0.825. The van der Waals surface area contributed by atoms with Gasteiger partial charge in [-0.15, -0.1) is 0 Å². The van der Waals surface area contributed by atoms with Crippen molar-refractivity contribution in [2.75, 3.05) is 34.0 Å². The van der Waals surface area contributed by atoms with Crippen LogP contribution in [0.3, 0.4) is 0 Å². The second-order valence-electron chi connectivity index (χ2n) is 5.21. The summed E-state index contributed by atoms with van der Waals surface area (Å²) < 4.78 is 15.5. The van der Waals surface area contributed by atoms with E-state index < -0.39 is 12.0 Å². The van der Waals surface area contributed by atoms with Crippen LogP contribution < -0.4 is 10.1 Å². The Balaban J connectivity index is 2.04. The van der Waals surface area contributed by atoms with Gasteiger partial charge in [0.05, 0.1) is 37.6 Å². The van der Waals surface area contributed by atoms with E-state index in [1.165, 1.54) is 4.90 Å². The number of para-hydroxylation sites is 1. The number of urea groups is 1. The van der Waals surface area contributed by atoms with Crippen LogP contribution in [-0.4, -0.2) is 50.9 Å². The molecule has 7 nitrogen and oxygen atoms in total. The molecule has 0 saturated carbocycles. The number of benzene rings is 1. The number of ether oxygens (including phenoxy) is 3. The monoisotopic (exact) mass is 318 g/mol. The van der Waals surface area contributed by atoms with Crippen molar-refractivity contribution in [2.45, 2.75) is 6.04 Å². The lowest BCUT2D eigenvalue weighted by molar-refractivity contribution is -0.136. The molecular formula is C16H18N2O5. The zero-order valence-electron chi connectivity index (χ0n) is 13.0. The number of cyclic esters (lactones) is 1. The van der Waals surface area contributed by atoms with Gasteiger partial charge in [-0.05, 0) is 6.07 Å². The molecule has 2 aliphatic rings. The van der Waals surface area contributed by atoms with Crippen LogP contribution >= 0.6 is 0 Å². The molecule has 0 bridgehead atoms. The maximum atomic E-state index is 12.5. The van der Waals surface area contributed by atoms with E-state index in [2.05, 4.69) is 5.32 Å². The first-order chi connectivity index (χ1) is 11.2. The Bertz CT molecular complexity index is 670. The first-order valence-corrected chi connectivity index (χ1v) is 7.27. The summed E-state index contributed by atoms with van der Waals surface area (Å²) in [7, 11) is 3.11. The largest absolute Gasteiger partial charge is 0.496 e.